The first-order chi connectivity index (χ1) is 8.93. The molecule has 0 heterocycles. The van der Waals surface area contributed by atoms with Gasteiger partial charge in [-0.05, 0) is 33.9 Å². The average Bonchev–Trinajstić information content (AvgIpc) is 2.24. The number of hydrogen-bond donors (Lipinski definition) is 2. The number of benzene rings is 1. The number of carbonyl (C=O) groups is 1. The van der Waals surface area contributed by atoms with E-state index >= 15 is 0 Å². The minimum absolute atomic E-state index is 0.0325. The van der Waals surface area contributed by atoms with Gasteiger partial charge in [-0.1, -0.05) is 53.7 Å². The van der Waals surface area contributed by atoms with E-state index in [-0.39, 0.29) is 23.0 Å². The van der Waals surface area contributed by atoms with Crippen LogP contribution in [0.5, 0.6) is 5.75 Å². The van der Waals surface area contributed by atoms with E-state index in [0.29, 0.717) is 6.42 Å². The summed E-state index contributed by atoms with van der Waals surface area (Å²) in [7, 11) is 0. The van der Waals surface area contributed by atoms with Crippen molar-refractivity contribution in [2.75, 3.05) is 0 Å². The van der Waals surface area contributed by atoms with Gasteiger partial charge in [-0.25, -0.2) is 0 Å². The molecule has 0 amide bonds. The van der Waals surface area contributed by atoms with E-state index in [2.05, 4.69) is 41.5 Å². The Bertz CT molecular complexity index is 502. The number of aryl methyl sites for hydroxylation is 1. The van der Waals surface area contributed by atoms with Crippen LogP contribution in [0.4, 0.5) is 0 Å². The Hall–Kier alpha value is -1.51. The fourth-order valence-corrected chi connectivity index (χ4v) is 2.13. The van der Waals surface area contributed by atoms with E-state index in [1.807, 2.05) is 12.1 Å². The Morgan fingerprint density at radius 1 is 1.05 bits per heavy atom. The Labute approximate surface area is 121 Å². The largest absolute Gasteiger partial charge is 0.507 e. The molecule has 20 heavy (non-hydrogen) atoms. The van der Waals surface area contributed by atoms with Crippen molar-refractivity contribution in [1.82, 2.24) is 0 Å². The fourth-order valence-electron chi connectivity index (χ4n) is 2.13. The smallest absolute Gasteiger partial charge is 0.303 e. The fraction of sp³-hybridized carbons (Fsp3) is 0.588. The minimum Gasteiger partial charge on any atom is -0.507 e. The van der Waals surface area contributed by atoms with Gasteiger partial charge in [0.25, 0.3) is 0 Å². The van der Waals surface area contributed by atoms with E-state index in [0.717, 1.165) is 16.7 Å². The maximum atomic E-state index is 10.8. The summed E-state index contributed by atoms with van der Waals surface area (Å²) in [5.74, 6) is -0.602. The zero-order valence-electron chi connectivity index (χ0n) is 13.4. The highest BCUT2D eigenvalue weighted by atomic mass is 16.4. The molecule has 0 atom stereocenters. The first-order valence-corrected chi connectivity index (χ1v) is 7.01. The molecule has 1 rings (SSSR count). The highest BCUT2D eigenvalue weighted by Crippen LogP contribution is 2.38. The standard InChI is InChI=1S/C17H26O3/c1-16(2,3)12-9-11(7-8-14(18)19)15(20)13(10-12)17(4,5)6/h9-10,20H,7-8H2,1-6H3,(H,18,19). The van der Waals surface area contributed by atoms with Crippen LogP contribution in [0.3, 0.4) is 0 Å². The predicted octanol–water partition coefficient (Wildman–Crippen LogP) is 4.00. The molecule has 0 saturated heterocycles. The number of hydrogen-bond acceptors (Lipinski definition) is 2. The van der Waals surface area contributed by atoms with Crippen molar-refractivity contribution in [3.8, 4) is 5.75 Å². The molecule has 0 fully saturated rings. The lowest BCUT2D eigenvalue weighted by Gasteiger charge is -2.27. The van der Waals surface area contributed by atoms with Crippen molar-refractivity contribution >= 4 is 5.97 Å². The molecule has 0 aliphatic rings. The zero-order chi connectivity index (χ0) is 15.7. The molecule has 0 unspecified atom stereocenters. The highest BCUT2D eigenvalue weighted by molar-refractivity contribution is 5.67. The van der Waals surface area contributed by atoms with E-state index in [4.69, 9.17) is 5.11 Å². The van der Waals surface area contributed by atoms with E-state index in [1.165, 1.54) is 0 Å². The molecule has 0 bridgehead atoms. The lowest BCUT2D eigenvalue weighted by atomic mass is 9.78. The van der Waals surface area contributed by atoms with Gasteiger partial charge in [0.1, 0.15) is 5.75 Å². The van der Waals surface area contributed by atoms with Gasteiger partial charge in [-0.15, -0.1) is 0 Å². The number of carboxylic acid groups (broad SMARTS) is 1. The number of rotatable bonds is 3. The Kier molecular flexibility index (Phi) is 4.52. The molecule has 3 heteroatoms. The molecule has 1 aromatic carbocycles. The van der Waals surface area contributed by atoms with Gasteiger partial charge < -0.3 is 10.2 Å². The van der Waals surface area contributed by atoms with Crippen LogP contribution in [0.25, 0.3) is 0 Å². The summed E-state index contributed by atoms with van der Waals surface area (Å²) in [5.41, 5.74) is 2.52. The Morgan fingerprint density at radius 2 is 1.60 bits per heavy atom. The van der Waals surface area contributed by atoms with Crippen molar-refractivity contribution in [3.63, 3.8) is 0 Å². The van der Waals surface area contributed by atoms with Gasteiger partial charge in [0.15, 0.2) is 0 Å². The van der Waals surface area contributed by atoms with Crippen LogP contribution in [-0.4, -0.2) is 16.2 Å². The van der Waals surface area contributed by atoms with Gasteiger partial charge in [0.2, 0.25) is 0 Å². The number of carboxylic acids is 1. The van der Waals surface area contributed by atoms with Crippen LogP contribution in [-0.2, 0) is 22.0 Å². The zero-order valence-corrected chi connectivity index (χ0v) is 13.4. The summed E-state index contributed by atoms with van der Waals surface area (Å²) >= 11 is 0. The van der Waals surface area contributed by atoms with Crippen LogP contribution in [0.1, 0.15) is 64.7 Å². The van der Waals surface area contributed by atoms with E-state index < -0.39 is 5.97 Å². The third-order valence-corrected chi connectivity index (χ3v) is 3.47. The van der Waals surface area contributed by atoms with Crippen LogP contribution in [0, 0.1) is 0 Å². The maximum absolute atomic E-state index is 10.8. The molecule has 112 valence electrons. The molecular weight excluding hydrogens is 252 g/mol. The van der Waals surface area contributed by atoms with Gasteiger partial charge in [0.05, 0.1) is 0 Å². The van der Waals surface area contributed by atoms with Crippen LogP contribution >= 0.6 is 0 Å². The molecule has 1 aromatic rings. The predicted molar refractivity (Wildman–Crippen MR) is 81.5 cm³/mol. The van der Waals surface area contributed by atoms with Crippen molar-refractivity contribution in [3.05, 3.63) is 28.8 Å². The second-order valence-corrected chi connectivity index (χ2v) is 7.43. The van der Waals surface area contributed by atoms with Crippen LogP contribution in [0.2, 0.25) is 0 Å². The molecular formula is C17H26O3. The van der Waals surface area contributed by atoms with Crippen molar-refractivity contribution < 1.29 is 15.0 Å². The molecule has 0 radical (unpaired) electrons. The summed E-state index contributed by atoms with van der Waals surface area (Å²) in [5, 5.41) is 19.3. The second-order valence-electron chi connectivity index (χ2n) is 7.43. The van der Waals surface area contributed by atoms with Crippen LogP contribution < -0.4 is 0 Å². The summed E-state index contributed by atoms with van der Waals surface area (Å²) < 4.78 is 0. The molecule has 0 spiro atoms. The van der Waals surface area contributed by atoms with E-state index in [1.54, 1.807) is 0 Å². The maximum Gasteiger partial charge on any atom is 0.303 e. The third-order valence-electron chi connectivity index (χ3n) is 3.47. The highest BCUT2D eigenvalue weighted by Gasteiger charge is 2.24. The Balaban J connectivity index is 3.39. The van der Waals surface area contributed by atoms with Gasteiger partial charge in [-0.3, -0.25) is 4.79 Å². The number of aliphatic carboxylic acids is 1. The topological polar surface area (TPSA) is 57.5 Å². The summed E-state index contributed by atoms with van der Waals surface area (Å²) in [6, 6.07) is 3.98. The van der Waals surface area contributed by atoms with Crippen molar-refractivity contribution in [2.45, 2.75) is 65.2 Å². The lowest BCUT2D eigenvalue weighted by Crippen LogP contribution is -2.17. The second kappa shape index (κ2) is 5.47. The molecule has 3 nitrogen and oxygen atoms in total. The first kappa shape index (κ1) is 16.5. The number of phenols is 1. The molecule has 0 aliphatic carbocycles. The van der Waals surface area contributed by atoms with Gasteiger partial charge in [0, 0.05) is 6.42 Å². The normalized spacial score (nSPS) is 12.5. The SMILES string of the molecule is CC(C)(C)c1cc(CCC(=O)O)c(O)c(C(C)(C)C)c1. The monoisotopic (exact) mass is 278 g/mol. The third kappa shape index (κ3) is 3.99. The minimum atomic E-state index is -0.845. The lowest BCUT2D eigenvalue weighted by molar-refractivity contribution is -0.136. The first-order valence-electron chi connectivity index (χ1n) is 7.01. The quantitative estimate of drug-likeness (QED) is 0.878. The molecule has 0 saturated carbocycles. The van der Waals surface area contributed by atoms with Crippen LogP contribution in [0.15, 0.2) is 12.1 Å². The number of phenolic OH excluding ortho intramolecular Hbond substituents is 1. The van der Waals surface area contributed by atoms with Crippen molar-refractivity contribution in [2.24, 2.45) is 0 Å². The Morgan fingerprint density at radius 3 is 2.00 bits per heavy atom. The average molecular weight is 278 g/mol. The molecule has 0 aliphatic heterocycles. The van der Waals surface area contributed by atoms with E-state index in [9.17, 15) is 9.90 Å². The molecule has 0 aromatic heterocycles. The van der Waals surface area contributed by atoms with Crippen molar-refractivity contribution in [1.29, 1.82) is 0 Å². The van der Waals surface area contributed by atoms with Gasteiger partial charge in [-0.2, -0.15) is 0 Å². The summed E-state index contributed by atoms with van der Waals surface area (Å²) in [6.45, 7) is 12.5. The van der Waals surface area contributed by atoms with Gasteiger partial charge >= 0.3 is 5.97 Å². The summed E-state index contributed by atoms with van der Waals surface area (Å²) in [6.07, 6.45) is 0.388. The summed E-state index contributed by atoms with van der Waals surface area (Å²) in [4.78, 5) is 10.8. The molecule has 2 N–H and O–H groups in total. The number of aromatic hydroxyl groups is 1.